The van der Waals surface area contributed by atoms with Crippen molar-refractivity contribution in [3.8, 4) is 0 Å². The van der Waals surface area contributed by atoms with E-state index in [0.29, 0.717) is 6.42 Å². The molecule has 0 aromatic carbocycles. The Bertz CT molecular complexity index is 346. The molecule has 82 valence electrons. The van der Waals surface area contributed by atoms with Gasteiger partial charge in [0.15, 0.2) is 0 Å². The molecular formula is C11H15NO3. The molecule has 0 spiro atoms. The molecule has 15 heavy (non-hydrogen) atoms. The van der Waals surface area contributed by atoms with Gasteiger partial charge in [0.2, 0.25) is 17.7 Å². The summed E-state index contributed by atoms with van der Waals surface area (Å²) in [5, 5.41) is 0. The molecular weight excluding hydrogens is 194 g/mol. The number of nitrogens with zero attached hydrogens (tertiary/aromatic N) is 1. The lowest BCUT2D eigenvalue weighted by atomic mass is 9.91. The summed E-state index contributed by atoms with van der Waals surface area (Å²) in [7, 11) is 0. The summed E-state index contributed by atoms with van der Waals surface area (Å²) in [6, 6.07) is 0. The summed E-state index contributed by atoms with van der Waals surface area (Å²) in [5.74, 6) is -2.11. The summed E-state index contributed by atoms with van der Waals surface area (Å²) in [5.41, 5.74) is 0.846. The van der Waals surface area contributed by atoms with Gasteiger partial charge in [-0.05, 0) is 13.3 Å². The van der Waals surface area contributed by atoms with Crippen molar-refractivity contribution in [2.24, 2.45) is 11.8 Å². The SMILES string of the molecule is C=C(C)CC1C(=O)N(C(C)=O)C(=O)C1C. The second kappa shape index (κ2) is 3.96. The predicted molar refractivity (Wildman–Crippen MR) is 54.6 cm³/mol. The van der Waals surface area contributed by atoms with Crippen LogP contribution in [-0.4, -0.2) is 22.6 Å². The van der Waals surface area contributed by atoms with Gasteiger partial charge in [-0.3, -0.25) is 14.4 Å². The first kappa shape index (κ1) is 11.6. The Morgan fingerprint density at radius 1 is 1.33 bits per heavy atom. The van der Waals surface area contributed by atoms with Crippen LogP contribution >= 0.6 is 0 Å². The second-order valence-electron chi connectivity index (χ2n) is 4.09. The molecule has 1 rings (SSSR count). The smallest absolute Gasteiger partial charge is 0.240 e. The number of carbonyl (C=O) groups is 3. The highest BCUT2D eigenvalue weighted by Crippen LogP contribution is 2.30. The Balaban J connectivity index is 2.95. The monoisotopic (exact) mass is 209 g/mol. The Labute approximate surface area is 88.9 Å². The number of carbonyl (C=O) groups excluding carboxylic acids is 3. The van der Waals surface area contributed by atoms with Crippen molar-refractivity contribution in [2.45, 2.75) is 27.2 Å². The highest BCUT2D eigenvalue weighted by atomic mass is 16.2. The second-order valence-corrected chi connectivity index (χ2v) is 4.09. The van der Waals surface area contributed by atoms with Crippen LogP contribution in [0.4, 0.5) is 0 Å². The van der Waals surface area contributed by atoms with E-state index in [0.717, 1.165) is 10.5 Å². The number of allylic oxidation sites excluding steroid dienone is 1. The summed E-state index contributed by atoms with van der Waals surface area (Å²) >= 11 is 0. The molecule has 0 N–H and O–H groups in total. The van der Waals surface area contributed by atoms with Crippen molar-refractivity contribution in [3.05, 3.63) is 12.2 Å². The van der Waals surface area contributed by atoms with Crippen LogP contribution in [0.1, 0.15) is 27.2 Å². The highest BCUT2D eigenvalue weighted by Gasteiger charge is 2.46. The van der Waals surface area contributed by atoms with E-state index in [1.807, 2.05) is 0 Å². The van der Waals surface area contributed by atoms with E-state index in [4.69, 9.17) is 0 Å². The van der Waals surface area contributed by atoms with Crippen molar-refractivity contribution in [3.63, 3.8) is 0 Å². The van der Waals surface area contributed by atoms with Crippen molar-refractivity contribution < 1.29 is 14.4 Å². The van der Waals surface area contributed by atoms with Crippen molar-refractivity contribution in [1.82, 2.24) is 4.90 Å². The van der Waals surface area contributed by atoms with Crippen LogP contribution in [0, 0.1) is 11.8 Å². The van der Waals surface area contributed by atoms with E-state index in [1.54, 1.807) is 13.8 Å². The third-order valence-electron chi connectivity index (χ3n) is 2.63. The third-order valence-corrected chi connectivity index (χ3v) is 2.63. The van der Waals surface area contributed by atoms with Gasteiger partial charge < -0.3 is 0 Å². The number of imide groups is 3. The van der Waals surface area contributed by atoms with Crippen molar-refractivity contribution >= 4 is 17.7 Å². The average molecular weight is 209 g/mol. The minimum atomic E-state index is -0.499. The van der Waals surface area contributed by atoms with Crippen LogP contribution in [-0.2, 0) is 14.4 Å². The van der Waals surface area contributed by atoms with E-state index in [9.17, 15) is 14.4 Å². The van der Waals surface area contributed by atoms with E-state index in [1.165, 1.54) is 6.92 Å². The van der Waals surface area contributed by atoms with Gasteiger partial charge in [0.1, 0.15) is 0 Å². The molecule has 0 bridgehead atoms. The largest absolute Gasteiger partial charge is 0.274 e. The molecule has 4 nitrogen and oxygen atoms in total. The van der Waals surface area contributed by atoms with E-state index in [-0.39, 0.29) is 5.91 Å². The summed E-state index contributed by atoms with van der Waals surface area (Å²) < 4.78 is 0. The van der Waals surface area contributed by atoms with Crippen LogP contribution in [0.3, 0.4) is 0 Å². The molecule has 3 amide bonds. The highest BCUT2D eigenvalue weighted by molar-refractivity contribution is 6.16. The van der Waals surface area contributed by atoms with Crippen LogP contribution in [0.25, 0.3) is 0 Å². The molecule has 1 aliphatic heterocycles. The third kappa shape index (κ3) is 1.98. The zero-order chi connectivity index (χ0) is 11.7. The lowest BCUT2D eigenvalue weighted by molar-refractivity contribution is -0.149. The first-order valence-electron chi connectivity index (χ1n) is 4.89. The molecule has 0 saturated carbocycles. The minimum Gasteiger partial charge on any atom is -0.274 e. The maximum Gasteiger partial charge on any atom is 0.240 e. The van der Waals surface area contributed by atoms with E-state index in [2.05, 4.69) is 6.58 Å². The van der Waals surface area contributed by atoms with Gasteiger partial charge in [0.25, 0.3) is 0 Å². The van der Waals surface area contributed by atoms with Gasteiger partial charge in [0, 0.05) is 12.8 Å². The van der Waals surface area contributed by atoms with Gasteiger partial charge in [-0.15, -0.1) is 6.58 Å². The number of rotatable bonds is 2. The first-order valence-corrected chi connectivity index (χ1v) is 4.89. The number of amides is 3. The molecule has 0 aliphatic carbocycles. The van der Waals surface area contributed by atoms with Crippen molar-refractivity contribution in [2.75, 3.05) is 0 Å². The fourth-order valence-electron chi connectivity index (χ4n) is 1.81. The van der Waals surface area contributed by atoms with Gasteiger partial charge in [-0.1, -0.05) is 12.5 Å². The van der Waals surface area contributed by atoms with Gasteiger partial charge in [0.05, 0.1) is 5.92 Å². The molecule has 1 heterocycles. The van der Waals surface area contributed by atoms with Gasteiger partial charge in [-0.2, -0.15) is 0 Å². The Morgan fingerprint density at radius 3 is 2.20 bits per heavy atom. The molecule has 0 aromatic rings. The normalized spacial score (nSPS) is 25.9. The molecule has 1 aliphatic rings. The Hall–Kier alpha value is -1.45. The molecule has 2 atom stereocenters. The number of hydrogen-bond acceptors (Lipinski definition) is 3. The lowest BCUT2D eigenvalue weighted by Gasteiger charge is -2.10. The molecule has 2 unspecified atom stereocenters. The van der Waals surface area contributed by atoms with Gasteiger partial charge in [-0.25, -0.2) is 4.90 Å². The van der Waals surface area contributed by atoms with Crippen LogP contribution < -0.4 is 0 Å². The maximum absolute atomic E-state index is 11.7. The molecule has 1 saturated heterocycles. The Kier molecular flexibility index (Phi) is 3.07. The number of hydrogen-bond donors (Lipinski definition) is 0. The molecule has 0 radical (unpaired) electrons. The fraction of sp³-hybridized carbons (Fsp3) is 0.545. The maximum atomic E-state index is 11.7. The Morgan fingerprint density at radius 2 is 1.87 bits per heavy atom. The van der Waals surface area contributed by atoms with Crippen LogP contribution in [0.5, 0.6) is 0 Å². The standard InChI is InChI=1S/C11H15NO3/c1-6(2)5-9-7(3)10(14)12(8(4)13)11(9)15/h7,9H,1,5H2,2-4H3. The van der Waals surface area contributed by atoms with Crippen LogP contribution in [0.2, 0.25) is 0 Å². The lowest BCUT2D eigenvalue weighted by Crippen LogP contribution is -2.35. The molecule has 4 heteroatoms. The molecule has 0 aromatic heterocycles. The van der Waals surface area contributed by atoms with E-state index < -0.39 is 23.7 Å². The zero-order valence-corrected chi connectivity index (χ0v) is 9.24. The topological polar surface area (TPSA) is 54.5 Å². The zero-order valence-electron chi connectivity index (χ0n) is 9.24. The fourth-order valence-corrected chi connectivity index (χ4v) is 1.81. The number of likely N-dealkylation sites (tertiary alicyclic amines) is 1. The van der Waals surface area contributed by atoms with Crippen molar-refractivity contribution in [1.29, 1.82) is 0 Å². The summed E-state index contributed by atoms with van der Waals surface area (Å²) in [4.78, 5) is 35.2. The van der Waals surface area contributed by atoms with E-state index >= 15 is 0 Å². The summed E-state index contributed by atoms with van der Waals surface area (Å²) in [6.45, 7) is 8.43. The molecule has 1 fully saturated rings. The summed E-state index contributed by atoms with van der Waals surface area (Å²) in [6.07, 6.45) is 0.468. The predicted octanol–water partition coefficient (Wildman–Crippen LogP) is 1.12. The van der Waals surface area contributed by atoms with Crippen LogP contribution in [0.15, 0.2) is 12.2 Å². The average Bonchev–Trinajstić information content (AvgIpc) is 2.29. The first-order chi connectivity index (χ1) is 6.86. The minimum absolute atomic E-state index is 0.386. The van der Waals surface area contributed by atoms with Gasteiger partial charge >= 0.3 is 0 Å². The quantitative estimate of drug-likeness (QED) is 0.506.